The highest BCUT2D eigenvalue weighted by molar-refractivity contribution is 7.92. The summed E-state index contributed by atoms with van der Waals surface area (Å²) in [6, 6.07) is 19.5. The number of carbonyl (C=O) groups excluding carboxylic acids is 1. The number of aromatic nitrogens is 1. The van der Waals surface area contributed by atoms with Crippen LogP contribution in [0.4, 0.5) is 10.8 Å². The van der Waals surface area contributed by atoms with Gasteiger partial charge in [-0.3, -0.25) is 14.4 Å². The Bertz CT molecular complexity index is 1660. The average Bonchev–Trinajstić information content (AvgIpc) is 3.60. The topological polar surface area (TPSA) is 102 Å². The fraction of sp³-hybridized carbons (Fsp3) is 0.111. The fourth-order valence-electron chi connectivity index (χ4n) is 3.80. The summed E-state index contributed by atoms with van der Waals surface area (Å²) >= 11 is 7.72. The van der Waals surface area contributed by atoms with Gasteiger partial charge in [-0.25, -0.2) is 13.4 Å². The highest BCUT2D eigenvalue weighted by Gasteiger charge is 2.24. The van der Waals surface area contributed by atoms with Crippen LogP contribution in [0.15, 0.2) is 88.4 Å². The molecule has 0 unspecified atom stereocenters. The molecule has 0 saturated heterocycles. The van der Waals surface area contributed by atoms with Gasteiger partial charge in [0, 0.05) is 11.3 Å². The van der Waals surface area contributed by atoms with Crippen molar-refractivity contribution in [2.75, 3.05) is 16.7 Å². The Balaban J connectivity index is 1.42. The molecule has 5 rings (SSSR count). The first kappa shape index (κ1) is 25.8. The minimum absolute atomic E-state index is 0.0906. The van der Waals surface area contributed by atoms with Gasteiger partial charge in [-0.2, -0.15) is 0 Å². The zero-order valence-corrected chi connectivity index (χ0v) is 22.7. The van der Waals surface area contributed by atoms with E-state index in [4.69, 9.17) is 25.7 Å². The number of nitrogens with zero attached hydrogens (tertiary/aromatic N) is 2. The molecule has 11 heteroatoms. The molecule has 0 saturated carbocycles. The van der Waals surface area contributed by atoms with Gasteiger partial charge in [0.05, 0.1) is 40.1 Å². The van der Waals surface area contributed by atoms with Crippen LogP contribution in [0.2, 0.25) is 5.02 Å². The third kappa shape index (κ3) is 5.24. The molecule has 0 radical (unpaired) electrons. The normalized spacial score (nSPS) is 11.4. The Hall–Kier alpha value is -3.86. The maximum Gasteiger partial charge on any atom is 0.261 e. The third-order valence-electron chi connectivity index (χ3n) is 5.81. The number of fused-ring (bicyclic) bond motifs is 1. The van der Waals surface area contributed by atoms with Crippen LogP contribution in [-0.4, -0.2) is 26.4 Å². The van der Waals surface area contributed by atoms with Gasteiger partial charge in [0.15, 0.2) is 5.13 Å². The minimum atomic E-state index is -3.82. The molecule has 3 aromatic carbocycles. The van der Waals surface area contributed by atoms with E-state index in [1.165, 1.54) is 35.5 Å². The molecule has 0 atom stereocenters. The van der Waals surface area contributed by atoms with E-state index >= 15 is 0 Å². The first-order valence-electron chi connectivity index (χ1n) is 11.4. The number of benzene rings is 3. The van der Waals surface area contributed by atoms with E-state index in [1.807, 2.05) is 19.1 Å². The zero-order chi connectivity index (χ0) is 26.9. The van der Waals surface area contributed by atoms with Gasteiger partial charge in [-0.05, 0) is 79.2 Å². The molecule has 1 N–H and O–H groups in total. The van der Waals surface area contributed by atoms with Crippen LogP contribution < -0.4 is 14.4 Å². The van der Waals surface area contributed by atoms with E-state index in [0.717, 1.165) is 15.8 Å². The van der Waals surface area contributed by atoms with Crippen molar-refractivity contribution in [3.63, 3.8) is 0 Å². The monoisotopic (exact) mass is 567 g/mol. The van der Waals surface area contributed by atoms with Crippen molar-refractivity contribution in [3.05, 3.63) is 101 Å². The quantitative estimate of drug-likeness (QED) is 0.229. The number of aryl methyl sites for hydroxylation is 1. The number of amides is 1. The van der Waals surface area contributed by atoms with Gasteiger partial charge in [-0.15, -0.1) is 0 Å². The van der Waals surface area contributed by atoms with E-state index in [0.29, 0.717) is 32.9 Å². The maximum absolute atomic E-state index is 13.7. The van der Waals surface area contributed by atoms with Gasteiger partial charge in [0.2, 0.25) is 0 Å². The number of halogens is 1. The number of carbonyl (C=O) groups is 1. The van der Waals surface area contributed by atoms with Crippen molar-refractivity contribution < 1.29 is 22.4 Å². The molecule has 5 aromatic rings. The molecular formula is C27H22ClN3O5S2. The zero-order valence-electron chi connectivity index (χ0n) is 20.3. The average molecular weight is 568 g/mol. The first-order chi connectivity index (χ1) is 18.2. The maximum atomic E-state index is 13.7. The predicted octanol–water partition coefficient (Wildman–Crippen LogP) is 6.51. The fourth-order valence-corrected chi connectivity index (χ4v) is 6.17. The first-order valence-corrected chi connectivity index (χ1v) is 14.1. The molecular weight excluding hydrogens is 546 g/mol. The lowest BCUT2D eigenvalue weighted by atomic mass is 10.2. The van der Waals surface area contributed by atoms with Crippen LogP contribution in [0, 0.1) is 6.92 Å². The van der Waals surface area contributed by atoms with Crippen molar-refractivity contribution in [2.45, 2.75) is 18.4 Å². The summed E-state index contributed by atoms with van der Waals surface area (Å²) in [4.78, 5) is 20.0. The second kappa shape index (κ2) is 10.5. The van der Waals surface area contributed by atoms with Crippen molar-refractivity contribution in [2.24, 2.45) is 0 Å². The van der Waals surface area contributed by atoms with Gasteiger partial charge in [0.1, 0.15) is 11.5 Å². The second-order valence-corrected chi connectivity index (χ2v) is 11.4. The minimum Gasteiger partial charge on any atom is -0.497 e. The number of hydrogen-bond donors (Lipinski definition) is 1. The van der Waals surface area contributed by atoms with E-state index < -0.39 is 10.0 Å². The molecule has 0 fully saturated rings. The molecule has 2 aromatic heterocycles. The molecule has 0 aliphatic rings. The largest absolute Gasteiger partial charge is 0.497 e. The summed E-state index contributed by atoms with van der Waals surface area (Å²) in [5.41, 5.74) is 2.35. The Morgan fingerprint density at radius 2 is 1.82 bits per heavy atom. The van der Waals surface area contributed by atoms with Gasteiger partial charge in [-0.1, -0.05) is 29.0 Å². The van der Waals surface area contributed by atoms with E-state index in [1.54, 1.807) is 54.8 Å². The highest BCUT2D eigenvalue weighted by Crippen LogP contribution is 2.36. The Morgan fingerprint density at radius 1 is 1.08 bits per heavy atom. The summed E-state index contributed by atoms with van der Waals surface area (Å²) < 4.78 is 39.5. The Kier molecular flexibility index (Phi) is 7.11. The van der Waals surface area contributed by atoms with Crippen LogP contribution in [-0.2, 0) is 16.6 Å². The van der Waals surface area contributed by atoms with Crippen LogP contribution in [0.25, 0.3) is 10.2 Å². The van der Waals surface area contributed by atoms with Crippen LogP contribution >= 0.6 is 22.9 Å². The van der Waals surface area contributed by atoms with Crippen LogP contribution in [0.5, 0.6) is 5.75 Å². The van der Waals surface area contributed by atoms with E-state index in [-0.39, 0.29) is 17.3 Å². The molecule has 8 nitrogen and oxygen atoms in total. The molecule has 0 spiro atoms. The van der Waals surface area contributed by atoms with Gasteiger partial charge in [0.25, 0.3) is 15.9 Å². The summed E-state index contributed by atoms with van der Waals surface area (Å²) in [7, 11) is -2.31. The summed E-state index contributed by atoms with van der Waals surface area (Å²) in [5.74, 6) is 0.819. The molecule has 194 valence electrons. The number of nitrogens with one attached hydrogen (secondary N) is 1. The molecule has 0 bridgehead atoms. The molecule has 0 aliphatic heterocycles. The molecule has 2 heterocycles. The predicted molar refractivity (Wildman–Crippen MR) is 149 cm³/mol. The lowest BCUT2D eigenvalue weighted by Gasteiger charge is -2.19. The molecule has 0 aliphatic carbocycles. The second-order valence-electron chi connectivity index (χ2n) is 8.37. The van der Waals surface area contributed by atoms with Gasteiger partial charge < -0.3 is 9.15 Å². The number of ether oxygens (including phenoxy) is 1. The number of rotatable bonds is 8. The molecule has 1 amide bonds. The lowest BCUT2D eigenvalue weighted by molar-refractivity contribution is 0.0983. The number of sulfonamides is 1. The molecule has 38 heavy (non-hydrogen) atoms. The summed E-state index contributed by atoms with van der Waals surface area (Å²) in [6.45, 7) is 2.10. The number of hydrogen-bond acceptors (Lipinski definition) is 7. The Labute approximate surface area is 228 Å². The number of furan rings is 1. The van der Waals surface area contributed by atoms with Crippen LogP contribution in [0.3, 0.4) is 0 Å². The van der Waals surface area contributed by atoms with Crippen LogP contribution in [0.1, 0.15) is 21.7 Å². The van der Waals surface area contributed by atoms with Crippen molar-refractivity contribution in [1.82, 2.24) is 4.98 Å². The lowest BCUT2D eigenvalue weighted by Crippen LogP contribution is -2.30. The van der Waals surface area contributed by atoms with Crippen molar-refractivity contribution >= 4 is 59.9 Å². The van der Waals surface area contributed by atoms with E-state index in [9.17, 15) is 13.2 Å². The smallest absolute Gasteiger partial charge is 0.261 e. The summed E-state index contributed by atoms with van der Waals surface area (Å²) in [5, 5.41) is 1.04. The SMILES string of the molecule is COc1ccc(S(=O)(=O)Nc2ccc(C(=O)N(Cc3ccco3)c3nc4c(C)ccc(Cl)c4s3)cc2)cc1. The highest BCUT2D eigenvalue weighted by atomic mass is 35.5. The third-order valence-corrected chi connectivity index (χ3v) is 8.75. The number of anilines is 2. The van der Waals surface area contributed by atoms with E-state index in [2.05, 4.69) is 4.72 Å². The summed E-state index contributed by atoms with van der Waals surface area (Å²) in [6.07, 6.45) is 1.54. The number of methoxy groups -OCH3 is 1. The Morgan fingerprint density at radius 3 is 2.45 bits per heavy atom. The number of thiazole rings is 1. The standard InChI is InChI=1S/C27H22ClN3O5S2/c1-17-5-14-23(28)25-24(17)29-27(37-25)31(16-21-4-3-15-36-21)26(32)18-6-8-19(9-7-18)30-38(33,34)22-12-10-20(35-2)11-13-22/h3-15,30H,16H2,1-2H3. The van der Waals surface area contributed by atoms with Crippen molar-refractivity contribution in [3.8, 4) is 5.75 Å². The van der Waals surface area contributed by atoms with Gasteiger partial charge >= 0.3 is 0 Å². The van der Waals surface area contributed by atoms with Crippen molar-refractivity contribution in [1.29, 1.82) is 0 Å².